The van der Waals surface area contributed by atoms with Crippen LogP contribution in [0.25, 0.3) is 0 Å². The second-order valence-corrected chi connectivity index (χ2v) is 5.66. The Morgan fingerprint density at radius 2 is 2.05 bits per heavy atom. The van der Waals surface area contributed by atoms with Gasteiger partial charge in [-0.25, -0.2) is 9.97 Å². The standard InChI is InChI=1S/C15H16BrN3/c1-2-10-5-3-4-6-12(10)17-14-9-13(16)18-15(19-14)11-7-8-11/h3-6,9,11H,2,7-8H2,1H3,(H,17,18,19). The average Bonchev–Trinajstić information content (AvgIpc) is 3.23. The van der Waals surface area contributed by atoms with E-state index in [1.54, 1.807) is 0 Å². The first-order valence-corrected chi connectivity index (χ1v) is 7.45. The summed E-state index contributed by atoms with van der Waals surface area (Å²) in [6, 6.07) is 10.3. The highest BCUT2D eigenvalue weighted by molar-refractivity contribution is 9.10. The van der Waals surface area contributed by atoms with Crippen molar-refractivity contribution in [1.29, 1.82) is 0 Å². The van der Waals surface area contributed by atoms with E-state index in [-0.39, 0.29) is 0 Å². The van der Waals surface area contributed by atoms with Crippen LogP contribution in [0.15, 0.2) is 34.9 Å². The van der Waals surface area contributed by atoms with Gasteiger partial charge < -0.3 is 5.32 Å². The minimum Gasteiger partial charge on any atom is -0.340 e. The van der Waals surface area contributed by atoms with Crippen molar-refractivity contribution < 1.29 is 0 Å². The highest BCUT2D eigenvalue weighted by Gasteiger charge is 2.27. The van der Waals surface area contributed by atoms with E-state index in [0.29, 0.717) is 5.92 Å². The first-order chi connectivity index (χ1) is 9.26. The molecule has 0 unspecified atom stereocenters. The Bertz CT molecular complexity index is 594. The molecule has 0 amide bonds. The first-order valence-electron chi connectivity index (χ1n) is 6.65. The lowest BCUT2D eigenvalue weighted by molar-refractivity contribution is 0.919. The van der Waals surface area contributed by atoms with Gasteiger partial charge in [-0.3, -0.25) is 0 Å². The molecule has 1 aliphatic carbocycles. The molecule has 0 saturated heterocycles. The van der Waals surface area contributed by atoms with E-state index < -0.39 is 0 Å². The molecule has 1 saturated carbocycles. The molecule has 3 nitrogen and oxygen atoms in total. The maximum Gasteiger partial charge on any atom is 0.135 e. The highest BCUT2D eigenvalue weighted by atomic mass is 79.9. The predicted octanol–water partition coefficient (Wildman–Crippen LogP) is 4.42. The summed E-state index contributed by atoms with van der Waals surface area (Å²) in [7, 11) is 0. The van der Waals surface area contributed by atoms with E-state index in [1.165, 1.54) is 18.4 Å². The smallest absolute Gasteiger partial charge is 0.135 e. The normalized spacial score (nSPS) is 14.4. The van der Waals surface area contributed by atoms with Gasteiger partial charge in [-0.15, -0.1) is 0 Å². The quantitative estimate of drug-likeness (QED) is 0.848. The number of aromatic nitrogens is 2. The molecule has 0 bridgehead atoms. The minimum absolute atomic E-state index is 0.555. The number of para-hydroxylation sites is 1. The lowest BCUT2D eigenvalue weighted by Crippen LogP contribution is -2.01. The minimum atomic E-state index is 0.555. The van der Waals surface area contributed by atoms with Gasteiger partial charge in [0.15, 0.2) is 0 Å². The third kappa shape index (κ3) is 2.95. The molecule has 1 aromatic heterocycles. The van der Waals surface area contributed by atoms with Crippen LogP contribution in [0, 0.1) is 0 Å². The lowest BCUT2D eigenvalue weighted by Gasteiger charge is -2.11. The van der Waals surface area contributed by atoms with Crippen LogP contribution in [-0.4, -0.2) is 9.97 Å². The summed E-state index contributed by atoms with van der Waals surface area (Å²) in [4.78, 5) is 9.06. The van der Waals surface area contributed by atoms with Crippen LogP contribution in [-0.2, 0) is 6.42 Å². The fourth-order valence-electron chi connectivity index (χ4n) is 2.11. The SMILES string of the molecule is CCc1ccccc1Nc1cc(Br)nc(C2CC2)n1. The van der Waals surface area contributed by atoms with E-state index in [2.05, 4.69) is 56.3 Å². The van der Waals surface area contributed by atoms with Crippen LogP contribution < -0.4 is 5.32 Å². The van der Waals surface area contributed by atoms with Crippen molar-refractivity contribution in [2.24, 2.45) is 0 Å². The molecule has 1 aliphatic rings. The third-order valence-electron chi connectivity index (χ3n) is 3.32. The average molecular weight is 318 g/mol. The molecular weight excluding hydrogens is 302 g/mol. The number of benzene rings is 1. The molecule has 1 fully saturated rings. The monoisotopic (exact) mass is 317 g/mol. The van der Waals surface area contributed by atoms with Gasteiger partial charge in [-0.2, -0.15) is 0 Å². The number of rotatable bonds is 4. The molecule has 4 heteroatoms. The summed E-state index contributed by atoms with van der Waals surface area (Å²) in [5.41, 5.74) is 2.42. The molecule has 1 heterocycles. The molecule has 98 valence electrons. The first kappa shape index (κ1) is 12.6. The fraction of sp³-hybridized carbons (Fsp3) is 0.333. The van der Waals surface area contributed by atoms with Gasteiger partial charge in [-0.05, 0) is 46.8 Å². The second-order valence-electron chi connectivity index (χ2n) is 4.84. The van der Waals surface area contributed by atoms with E-state index in [4.69, 9.17) is 0 Å². The molecule has 2 aromatic rings. The van der Waals surface area contributed by atoms with Crippen molar-refractivity contribution in [1.82, 2.24) is 9.97 Å². The maximum absolute atomic E-state index is 4.61. The summed E-state index contributed by atoms with van der Waals surface area (Å²) in [6.45, 7) is 2.16. The van der Waals surface area contributed by atoms with Gasteiger partial charge in [0.05, 0.1) is 0 Å². The van der Waals surface area contributed by atoms with Gasteiger partial charge in [0.2, 0.25) is 0 Å². The molecule has 0 radical (unpaired) electrons. The number of hydrogen-bond donors (Lipinski definition) is 1. The van der Waals surface area contributed by atoms with Gasteiger partial charge in [0.1, 0.15) is 16.2 Å². The van der Waals surface area contributed by atoms with Crippen LogP contribution in [0.5, 0.6) is 0 Å². The Morgan fingerprint density at radius 1 is 1.26 bits per heavy atom. The molecule has 1 N–H and O–H groups in total. The Kier molecular flexibility index (Phi) is 3.51. The zero-order valence-corrected chi connectivity index (χ0v) is 12.4. The third-order valence-corrected chi connectivity index (χ3v) is 3.72. The highest BCUT2D eigenvalue weighted by Crippen LogP contribution is 2.39. The molecular formula is C15H16BrN3. The summed E-state index contributed by atoms with van der Waals surface area (Å²) in [6.07, 6.45) is 3.42. The zero-order valence-electron chi connectivity index (χ0n) is 10.9. The Hall–Kier alpha value is -1.42. The van der Waals surface area contributed by atoms with Crippen molar-refractivity contribution in [3.8, 4) is 0 Å². The van der Waals surface area contributed by atoms with Crippen molar-refractivity contribution in [2.75, 3.05) is 5.32 Å². The molecule has 0 spiro atoms. The Labute approximate surface area is 121 Å². The largest absolute Gasteiger partial charge is 0.340 e. The number of nitrogens with one attached hydrogen (secondary N) is 1. The number of halogens is 1. The van der Waals surface area contributed by atoms with Crippen LogP contribution >= 0.6 is 15.9 Å². The second kappa shape index (κ2) is 5.29. The molecule has 0 atom stereocenters. The Morgan fingerprint density at radius 3 is 2.79 bits per heavy atom. The number of anilines is 2. The number of aryl methyl sites for hydroxylation is 1. The van der Waals surface area contributed by atoms with Gasteiger partial charge in [0.25, 0.3) is 0 Å². The van der Waals surface area contributed by atoms with Gasteiger partial charge in [0, 0.05) is 17.7 Å². The lowest BCUT2D eigenvalue weighted by atomic mass is 10.1. The van der Waals surface area contributed by atoms with E-state index >= 15 is 0 Å². The number of nitrogens with zero attached hydrogens (tertiary/aromatic N) is 2. The van der Waals surface area contributed by atoms with Crippen LogP contribution in [0.2, 0.25) is 0 Å². The van der Waals surface area contributed by atoms with Crippen LogP contribution in [0.1, 0.15) is 37.1 Å². The maximum atomic E-state index is 4.61. The topological polar surface area (TPSA) is 37.8 Å². The van der Waals surface area contributed by atoms with Gasteiger partial charge in [-0.1, -0.05) is 25.1 Å². The van der Waals surface area contributed by atoms with Gasteiger partial charge >= 0.3 is 0 Å². The summed E-state index contributed by atoms with van der Waals surface area (Å²) >= 11 is 3.47. The number of hydrogen-bond acceptors (Lipinski definition) is 3. The molecule has 3 rings (SSSR count). The van der Waals surface area contributed by atoms with E-state index in [1.807, 2.05) is 12.1 Å². The molecule has 0 aliphatic heterocycles. The summed E-state index contributed by atoms with van der Waals surface area (Å²) in [5, 5.41) is 3.41. The predicted molar refractivity (Wildman–Crippen MR) is 80.8 cm³/mol. The van der Waals surface area contributed by atoms with E-state index in [0.717, 1.165) is 28.4 Å². The fourth-order valence-corrected chi connectivity index (χ4v) is 2.51. The molecule has 19 heavy (non-hydrogen) atoms. The Balaban J connectivity index is 1.90. The summed E-state index contributed by atoms with van der Waals surface area (Å²) in [5.74, 6) is 2.37. The van der Waals surface area contributed by atoms with E-state index in [9.17, 15) is 0 Å². The van der Waals surface area contributed by atoms with Crippen molar-refractivity contribution in [2.45, 2.75) is 32.1 Å². The van der Waals surface area contributed by atoms with Crippen molar-refractivity contribution in [3.05, 3.63) is 46.3 Å². The van der Waals surface area contributed by atoms with Crippen LogP contribution in [0.3, 0.4) is 0 Å². The van der Waals surface area contributed by atoms with Crippen molar-refractivity contribution in [3.63, 3.8) is 0 Å². The van der Waals surface area contributed by atoms with Crippen LogP contribution in [0.4, 0.5) is 11.5 Å². The molecule has 1 aromatic carbocycles. The summed E-state index contributed by atoms with van der Waals surface area (Å²) < 4.78 is 0.848. The zero-order chi connectivity index (χ0) is 13.2. The van der Waals surface area contributed by atoms with Crippen molar-refractivity contribution >= 4 is 27.4 Å².